The number of phenols is 1. The molecule has 112 valence electrons. The molecule has 0 bridgehead atoms. The Morgan fingerprint density at radius 2 is 1.77 bits per heavy atom. The van der Waals surface area contributed by atoms with Crippen molar-refractivity contribution in [2.45, 2.75) is 13.5 Å². The molecule has 1 heterocycles. The molecule has 5 nitrogen and oxygen atoms in total. The first kappa shape index (κ1) is 14.1. The highest BCUT2D eigenvalue weighted by Gasteiger charge is 2.09. The summed E-state index contributed by atoms with van der Waals surface area (Å²) < 4.78 is 5.11. The van der Waals surface area contributed by atoms with Gasteiger partial charge in [-0.25, -0.2) is 9.97 Å². The van der Waals surface area contributed by atoms with E-state index in [0.29, 0.717) is 18.1 Å². The number of anilines is 1. The zero-order valence-electron chi connectivity index (χ0n) is 12.5. The molecule has 0 saturated heterocycles. The van der Waals surface area contributed by atoms with Crippen LogP contribution >= 0.6 is 0 Å². The Kier molecular flexibility index (Phi) is 3.78. The largest absolute Gasteiger partial charge is 0.504 e. The third kappa shape index (κ3) is 2.65. The molecule has 22 heavy (non-hydrogen) atoms. The minimum atomic E-state index is 0.143. The van der Waals surface area contributed by atoms with Gasteiger partial charge in [-0.15, -0.1) is 0 Å². The van der Waals surface area contributed by atoms with E-state index < -0.39 is 0 Å². The van der Waals surface area contributed by atoms with Crippen LogP contribution in [0, 0.1) is 6.92 Å². The lowest BCUT2D eigenvalue weighted by Gasteiger charge is -2.12. The quantitative estimate of drug-likeness (QED) is 0.773. The summed E-state index contributed by atoms with van der Waals surface area (Å²) in [6.45, 7) is 2.35. The number of nitrogens with zero attached hydrogens (tertiary/aromatic N) is 2. The Labute approximate surface area is 128 Å². The summed E-state index contributed by atoms with van der Waals surface area (Å²) in [7, 11) is 1.53. The van der Waals surface area contributed by atoms with Crippen LogP contribution in [0.4, 0.5) is 5.82 Å². The standard InChI is InChI=1S/C17H17N3O2/c1-11-17(20-14-8-4-3-7-13(14)19-11)18-10-12-6-5-9-15(22-2)16(12)21/h3-9,21H,10H2,1-2H3,(H,18,20). The van der Waals surface area contributed by atoms with Gasteiger partial charge in [-0.05, 0) is 25.1 Å². The molecule has 1 aromatic heterocycles. The van der Waals surface area contributed by atoms with Gasteiger partial charge in [0.2, 0.25) is 0 Å². The van der Waals surface area contributed by atoms with Crippen LogP contribution < -0.4 is 10.1 Å². The first-order chi connectivity index (χ1) is 10.7. The van der Waals surface area contributed by atoms with E-state index in [-0.39, 0.29) is 5.75 Å². The number of hydrogen-bond donors (Lipinski definition) is 2. The van der Waals surface area contributed by atoms with E-state index in [0.717, 1.165) is 22.3 Å². The maximum atomic E-state index is 10.1. The fourth-order valence-corrected chi connectivity index (χ4v) is 2.31. The molecule has 5 heteroatoms. The number of ether oxygens (including phenoxy) is 1. The molecule has 0 saturated carbocycles. The molecule has 2 N–H and O–H groups in total. The smallest absolute Gasteiger partial charge is 0.162 e. The fourth-order valence-electron chi connectivity index (χ4n) is 2.31. The Morgan fingerprint density at radius 1 is 1.05 bits per heavy atom. The SMILES string of the molecule is COc1cccc(CNc2nc3ccccc3nc2C)c1O. The predicted molar refractivity (Wildman–Crippen MR) is 86.3 cm³/mol. The summed E-state index contributed by atoms with van der Waals surface area (Å²) in [5.41, 5.74) is 3.27. The molecule has 3 rings (SSSR count). The van der Waals surface area contributed by atoms with Gasteiger partial charge in [0.15, 0.2) is 11.5 Å². The summed E-state index contributed by atoms with van der Waals surface area (Å²) in [6, 6.07) is 13.1. The van der Waals surface area contributed by atoms with E-state index in [9.17, 15) is 5.11 Å². The van der Waals surface area contributed by atoms with Gasteiger partial charge in [-0.3, -0.25) is 0 Å². The highest BCUT2D eigenvalue weighted by atomic mass is 16.5. The van der Waals surface area contributed by atoms with Gasteiger partial charge in [0.25, 0.3) is 0 Å². The molecule has 0 aliphatic heterocycles. The molecule has 0 amide bonds. The number of hydrogen-bond acceptors (Lipinski definition) is 5. The summed E-state index contributed by atoms with van der Waals surface area (Å²) in [5, 5.41) is 13.3. The van der Waals surface area contributed by atoms with E-state index in [1.54, 1.807) is 6.07 Å². The van der Waals surface area contributed by atoms with Crippen LogP contribution in [0.25, 0.3) is 11.0 Å². The van der Waals surface area contributed by atoms with Crippen LogP contribution in [0.3, 0.4) is 0 Å². The van der Waals surface area contributed by atoms with E-state index >= 15 is 0 Å². The second-order valence-corrected chi connectivity index (χ2v) is 4.97. The Hall–Kier alpha value is -2.82. The zero-order valence-corrected chi connectivity index (χ0v) is 12.5. The van der Waals surface area contributed by atoms with E-state index in [4.69, 9.17) is 4.74 Å². The highest BCUT2D eigenvalue weighted by molar-refractivity contribution is 5.76. The van der Waals surface area contributed by atoms with Gasteiger partial charge in [-0.1, -0.05) is 24.3 Å². The number of fused-ring (bicyclic) bond motifs is 1. The van der Waals surface area contributed by atoms with Crippen molar-refractivity contribution in [3.8, 4) is 11.5 Å². The van der Waals surface area contributed by atoms with E-state index in [1.165, 1.54) is 7.11 Å². The van der Waals surface area contributed by atoms with Crippen molar-refractivity contribution in [1.29, 1.82) is 0 Å². The van der Waals surface area contributed by atoms with Crippen molar-refractivity contribution < 1.29 is 9.84 Å². The number of methoxy groups -OCH3 is 1. The number of aromatic hydroxyl groups is 1. The molecule has 3 aromatic rings. The number of aryl methyl sites for hydroxylation is 1. The van der Waals surface area contributed by atoms with E-state index in [1.807, 2.05) is 43.3 Å². The van der Waals surface area contributed by atoms with Crippen LogP contribution in [0.1, 0.15) is 11.3 Å². The van der Waals surface area contributed by atoms with Gasteiger partial charge in [0, 0.05) is 12.1 Å². The third-order valence-corrected chi connectivity index (χ3v) is 3.49. The van der Waals surface area contributed by atoms with Crippen molar-refractivity contribution in [2.75, 3.05) is 12.4 Å². The first-order valence-electron chi connectivity index (χ1n) is 7.01. The normalized spacial score (nSPS) is 10.6. The number of phenolic OH excluding ortho intramolecular Hbond substituents is 1. The van der Waals surface area contributed by atoms with Gasteiger partial charge in [0.1, 0.15) is 5.82 Å². The van der Waals surface area contributed by atoms with Crippen molar-refractivity contribution in [3.05, 3.63) is 53.7 Å². The predicted octanol–water partition coefficient (Wildman–Crippen LogP) is 3.26. The van der Waals surface area contributed by atoms with Gasteiger partial charge in [-0.2, -0.15) is 0 Å². The van der Waals surface area contributed by atoms with Gasteiger partial charge < -0.3 is 15.2 Å². The molecule has 0 fully saturated rings. The molecule has 2 aromatic carbocycles. The van der Waals surface area contributed by atoms with Crippen LogP contribution in [0.2, 0.25) is 0 Å². The summed E-state index contributed by atoms with van der Waals surface area (Å²) in [4.78, 5) is 9.11. The van der Waals surface area contributed by atoms with Crippen molar-refractivity contribution in [3.63, 3.8) is 0 Å². The fraction of sp³-hybridized carbons (Fsp3) is 0.176. The van der Waals surface area contributed by atoms with Crippen LogP contribution in [-0.4, -0.2) is 22.2 Å². The lowest BCUT2D eigenvalue weighted by Crippen LogP contribution is -2.05. The van der Waals surface area contributed by atoms with Crippen LogP contribution in [0.15, 0.2) is 42.5 Å². The van der Waals surface area contributed by atoms with Crippen molar-refractivity contribution >= 4 is 16.9 Å². The Balaban J connectivity index is 1.86. The lowest BCUT2D eigenvalue weighted by molar-refractivity contribution is 0.371. The van der Waals surface area contributed by atoms with Crippen molar-refractivity contribution in [1.82, 2.24) is 9.97 Å². The lowest BCUT2D eigenvalue weighted by atomic mass is 10.2. The summed E-state index contributed by atoms with van der Waals surface area (Å²) >= 11 is 0. The monoisotopic (exact) mass is 295 g/mol. The molecular weight excluding hydrogens is 278 g/mol. The Bertz CT molecular complexity index is 818. The average Bonchev–Trinajstić information content (AvgIpc) is 2.54. The zero-order chi connectivity index (χ0) is 15.5. The minimum absolute atomic E-state index is 0.143. The molecule has 0 spiro atoms. The second kappa shape index (κ2) is 5.89. The minimum Gasteiger partial charge on any atom is -0.504 e. The van der Waals surface area contributed by atoms with Gasteiger partial charge >= 0.3 is 0 Å². The summed E-state index contributed by atoms with van der Waals surface area (Å²) in [6.07, 6.45) is 0. The summed E-state index contributed by atoms with van der Waals surface area (Å²) in [5.74, 6) is 1.31. The molecule has 0 unspecified atom stereocenters. The molecule has 0 aliphatic rings. The maximum Gasteiger partial charge on any atom is 0.162 e. The molecular formula is C17H17N3O2. The molecule has 0 atom stereocenters. The number of aromatic nitrogens is 2. The topological polar surface area (TPSA) is 67.3 Å². The average molecular weight is 295 g/mol. The highest BCUT2D eigenvalue weighted by Crippen LogP contribution is 2.30. The van der Waals surface area contributed by atoms with E-state index in [2.05, 4.69) is 15.3 Å². The first-order valence-corrected chi connectivity index (χ1v) is 7.01. The Morgan fingerprint density at radius 3 is 2.50 bits per heavy atom. The van der Waals surface area contributed by atoms with Crippen LogP contribution in [-0.2, 0) is 6.54 Å². The number of rotatable bonds is 4. The molecule has 0 radical (unpaired) electrons. The maximum absolute atomic E-state index is 10.1. The van der Waals surface area contributed by atoms with Crippen LogP contribution in [0.5, 0.6) is 11.5 Å². The third-order valence-electron chi connectivity index (χ3n) is 3.49. The molecule has 0 aliphatic carbocycles. The number of benzene rings is 2. The number of para-hydroxylation sites is 3. The number of nitrogens with one attached hydrogen (secondary N) is 1. The second-order valence-electron chi connectivity index (χ2n) is 4.97. The van der Waals surface area contributed by atoms with Gasteiger partial charge in [0.05, 0.1) is 23.8 Å². The van der Waals surface area contributed by atoms with Crippen molar-refractivity contribution in [2.24, 2.45) is 0 Å².